The minimum Gasteiger partial charge on any atom is -0.493 e. The lowest BCUT2D eigenvalue weighted by Crippen LogP contribution is -2.41. The van der Waals surface area contributed by atoms with E-state index < -0.39 is 12.0 Å². The van der Waals surface area contributed by atoms with Crippen LogP contribution < -0.4 is 24.3 Å². The van der Waals surface area contributed by atoms with Crippen molar-refractivity contribution in [1.29, 1.82) is 0 Å². The molecule has 0 aromatic heterocycles. The molecule has 0 fully saturated rings. The van der Waals surface area contributed by atoms with E-state index in [0.29, 0.717) is 29.5 Å². The molecule has 1 atom stereocenters. The highest BCUT2D eigenvalue weighted by atomic mass is 16.5. The SMILES string of the molecule is CCNC(COc1cc(OC)c(OC)c(OC)c1)C(=O)O. The van der Waals surface area contributed by atoms with Crippen molar-refractivity contribution in [3.63, 3.8) is 0 Å². The summed E-state index contributed by atoms with van der Waals surface area (Å²) in [6.07, 6.45) is 0. The van der Waals surface area contributed by atoms with Gasteiger partial charge in [-0.2, -0.15) is 0 Å². The number of aliphatic carboxylic acids is 1. The predicted octanol–water partition coefficient (Wildman–Crippen LogP) is 1.15. The Balaban J connectivity index is 2.90. The smallest absolute Gasteiger partial charge is 0.324 e. The van der Waals surface area contributed by atoms with E-state index in [1.807, 2.05) is 6.92 Å². The van der Waals surface area contributed by atoms with Crippen molar-refractivity contribution in [2.24, 2.45) is 0 Å². The van der Waals surface area contributed by atoms with E-state index in [9.17, 15) is 4.79 Å². The second-order valence-electron chi connectivity index (χ2n) is 4.12. The molecule has 0 spiro atoms. The van der Waals surface area contributed by atoms with Gasteiger partial charge in [0.25, 0.3) is 0 Å². The number of rotatable bonds is 9. The summed E-state index contributed by atoms with van der Waals surface area (Å²) < 4.78 is 21.1. The van der Waals surface area contributed by atoms with Crippen LogP contribution in [0.5, 0.6) is 23.0 Å². The van der Waals surface area contributed by atoms with Crippen LogP contribution in [0.25, 0.3) is 0 Å². The zero-order chi connectivity index (χ0) is 15.8. The van der Waals surface area contributed by atoms with Gasteiger partial charge in [-0.25, -0.2) is 0 Å². The lowest BCUT2D eigenvalue weighted by molar-refractivity contribution is -0.140. The lowest BCUT2D eigenvalue weighted by atomic mass is 10.2. The van der Waals surface area contributed by atoms with Crippen LogP contribution in [-0.4, -0.2) is 51.6 Å². The standard InChI is InChI=1S/C14H21NO6/c1-5-15-10(14(16)17)8-21-9-6-11(18-2)13(20-4)12(7-9)19-3/h6-7,10,15H,5,8H2,1-4H3,(H,16,17). The zero-order valence-electron chi connectivity index (χ0n) is 12.6. The average molecular weight is 299 g/mol. The van der Waals surface area contributed by atoms with E-state index in [4.69, 9.17) is 24.1 Å². The monoisotopic (exact) mass is 299 g/mol. The molecular formula is C14H21NO6. The molecule has 1 aromatic rings. The third-order valence-corrected chi connectivity index (χ3v) is 2.80. The summed E-state index contributed by atoms with van der Waals surface area (Å²) in [4.78, 5) is 11.0. The number of ether oxygens (including phenoxy) is 4. The molecule has 0 aliphatic rings. The molecule has 2 N–H and O–H groups in total. The molecule has 118 valence electrons. The van der Waals surface area contributed by atoms with E-state index in [2.05, 4.69) is 5.32 Å². The number of carbonyl (C=O) groups is 1. The minimum absolute atomic E-state index is 0.0121. The summed E-state index contributed by atoms with van der Waals surface area (Å²) in [7, 11) is 4.51. The van der Waals surface area contributed by atoms with Crippen LogP contribution in [0, 0.1) is 0 Å². The van der Waals surface area contributed by atoms with E-state index in [1.54, 1.807) is 12.1 Å². The molecule has 0 aliphatic carbocycles. The van der Waals surface area contributed by atoms with Crippen molar-refractivity contribution in [2.75, 3.05) is 34.5 Å². The molecule has 7 heteroatoms. The van der Waals surface area contributed by atoms with Gasteiger partial charge in [-0.15, -0.1) is 0 Å². The summed E-state index contributed by atoms with van der Waals surface area (Å²) in [5, 5.41) is 11.9. The number of carboxylic acids is 1. The van der Waals surface area contributed by atoms with Crippen LogP contribution >= 0.6 is 0 Å². The number of benzene rings is 1. The molecule has 1 unspecified atom stereocenters. The third kappa shape index (κ3) is 4.42. The van der Waals surface area contributed by atoms with Gasteiger partial charge in [0.2, 0.25) is 5.75 Å². The Hall–Kier alpha value is -2.15. The maximum Gasteiger partial charge on any atom is 0.324 e. The first kappa shape index (κ1) is 16.9. The lowest BCUT2D eigenvalue weighted by Gasteiger charge is -2.17. The van der Waals surface area contributed by atoms with Gasteiger partial charge >= 0.3 is 5.97 Å². The maximum atomic E-state index is 11.0. The molecule has 0 bridgehead atoms. The van der Waals surface area contributed by atoms with Crippen molar-refractivity contribution in [1.82, 2.24) is 5.32 Å². The Kier molecular flexibility index (Phi) is 6.61. The van der Waals surface area contributed by atoms with Crippen molar-refractivity contribution < 1.29 is 28.8 Å². The highest BCUT2D eigenvalue weighted by Crippen LogP contribution is 2.40. The number of carboxylic acid groups (broad SMARTS) is 1. The largest absolute Gasteiger partial charge is 0.493 e. The number of hydrogen-bond donors (Lipinski definition) is 2. The van der Waals surface area contributed by atoms with Gasteiger partial charge in [0.05, 0.1) is 21.3 Å². The van der Waals surface area contributed by atoms with Crippen molar-refractivity contribution >= 4 is 5.97 Å². The highest BCUT2D eigenvalue weighted by molar-refractivity contribution is 5.73. The first-order valence-electron chi connectivity index (χ1n) is 6.46. The van der Waals surface area contributed by atoms with E-state index in [1.165, 1.54) is 21.3 Å². The predicted molar refractivity (Wildman–Crippen MR) is 76.7 cm³/mol. The molecule has 0 saturated carbocycles. The molecule has 21 heavy (non-hydrogen) atoms. The normalized spacial score (nSPS) is 11.6. The molecule has 1 rings (SSSR count). The molecule has 1 aromatic carbocycles. The highest BCUT2D eigenvalue weighted by Gasteiger charge is 2.18. The Morgan fingerprint density at radius 1 is 1.19 bits per heavy atom. The Bertz CT molecular complexity index is 452. The molecule has 0 radical (unpaired) electrons. The summed E-state index contributed by atoms with van der Waals surface area (Å²) in [6, 6.07) is 2.45. The average Bonchev–Trinajstić information content (AvgIpc) is 2.49. The number of nitrogens with one attached hydrogen (secondary N) is 1. The molecular weight excluding hydrogens is 278 g/mol. The fourth-order valence-corrected chi connectivity index (χ4v) is 1.78. The van der Waals surface area contributed by atoms with Crippen LogP contribution in [0.3, 0.4) is 0 Å². The van der Waals surface area contributed by atoms with Crippen LogP contribution in [0.1, 0.15) is 6.92 Å². The summed E-state index contributed by atoms with van der Waals surface area (Å²) in [6.45, 7) is 2.35. The van der Waals surface area contributed by atoms with Crippen molar-refractivity contribution in [3.8, 4) is 23.0 Å². The Labute approximate surface area is 123 Å². The Morgan fingerprint density at radius 3 is 2.14 bits per heavy atom. The fourth-order valence-electron chi connectivity index (χ4n) is 1.78. The van der Waals surface area contributed by atoms with Gasteiger partial charge in [0.15, 0.2) is 11.5 Å². The van der Waals surface area contributed by atoms with Crippen LogP contribution in [0.15, 0.2) is 12.1 Å². The maximum absolute atomic E-state index is 11.0. The summed E-state index contributed by atoms with van der Waals surface area (Å²) in [5.74, 6) is 0.816. The molecule has 0 saturated heterocycles. The number of hydrogen-bond acceptors (Lipinski definition) is 6. The van der Waals surface area contributed by atoms with Gasteiger partial charge < -0.3 is 29.4 Å². The topological polar surface area (TPSA) is 86.3 Å². The number of methoxy groups -OCH3 is 3. The van der Waals surface area contributed by atoms with Gasteiger partial charge in [-0.05, 0) is 6.54 Å². The second kappa shape index (κ2) is 8.21. The van der Waals surface area contributed by atoms with Gasteiger partial charge in [0.1, 0.15) is 18.4 Å². The van der Waals surface area contributed by atoms with E-state index >= 15 is 0 Å². The van der Waals surface area contributed by atoms with Crippen LogP contribution in [-0.2, 0) is 4.79 Å². The first-order chi connectivity index (χ1) is 10.1. The summed E-state index contributed by atoms with van der Waals surface area (Å²) in [5.41, 5.74) is 0. The van der Waals surface area contributed by atoms with Gasteiger partial charge in [0, 0.05) is 12.1 Å². The zero-order valence-corrected chi connectivity index (χ0v) is 12.6. The molecule has 0 heterocycles. The van der Waals surface area contributed by atoms with Crippen molar-refractivity contribution in [3.05, 3.63) is 12.1 Å². The van der Waals surface area contributed by atoms with E-state index in [0.717, 1.165) is 0 Å². The van der Waals surface area contributed by atoms with Crippen LogP contribution in [0.2, 0.25) is 0 Å². The summed E-state index contributed by atoms with van der Waals surface area (Å²) >= 11 is 0. The molecule has 0 aliphatic heterocycles. The van der Waals surface area contributed by atoms with Gasteiger partial charge in [-0.3, -0.25) is 4.79 Å². The Morgan fingerprint density at radius 2 is 1.76 bits per heavy atom. The second-order valence-corrected chi connectivity index (χ2v) is 4.12. The molecule has 0 amide bonds. The van der Waals surface area contributed by atoms with E-state index in [-0.39, 0.29) is 6.61 Å². The fraction of sp³-hybridized carbons (Fsp3) is 0.500. The van der Waals surface area contributed by atoms with Gasteiger partial charge in [-0.1, -0.05) is 6.92 Å². The minimum atomic E-state index is -0.968. The third-order valence-electron chi connectivity index (χ3n) is 2.80. The number of likely N-dealkylation sites (N-methyl/N-ethyl adjacent to an activating group) is 1. The quantitative estimate of drug-likeness (QED) is 0.707. The van der Waals surface area contributed by atoms with Crippen LogP contribution in [0.4, 0.5) is 0 Å². The van der Waals surface area contributed by atoms with Crippen molar-refractivity contribution in [2.45, 2.75) is 13.0 Å². The first-order valence-corrected chi connectivity index (χ1v) is 6.46. The molecule has 7 nitrogen and oxygen atoms in total.